The second kappa shape index (κ2) is 7.71. The minimum Gasteiger partial charge on any atom is -0.313 e. The van der Waals surface area contributed by atoms with Gasteiger partial charge in [0.15, 0.2) is 0 Å². The van der Waals surface area contributed by atoms with Crippen molar-refractivity contribution in [1.29, 1.82) is 0 Å². The number of likely N-dealkylation sites (N-methyl/N-ethyl adjacent to an activating group) is 1. The number of carbonyl (C=O) groups is 1. The Kier molecular flexibility index (Phi) is 4.91. The van der Waals surface area contributed by atoms with Gasteiger partial charge in [-0.05, 0) is 42.8 Å². The molecule has 1 N–H and O–H groups in total. The second-order valence-electron chi connectivity index (χ2n) is 7.13. The van der Waals surface area contributed by atoms with Crippen LogP contribution in [0.25, 0.3) is 20.8 Å². The molecule has 4 nitrogen and oxygen atoms in total. The predicted octanol–water partition coefficient (Wildman–Crippen LogP) is 5.66. The van der Waals surface area contributed by atoms with Crippen LogP contribution in [0.4, 0.5) is 5.00 Å². The Labute approximate surface area is 177 Å². The smallest absolute Gasteiger partial charge is 0.256 e. The van der Waals surface area contributed by atoms with E-state index in [0.717, 1.165) is 47.1 Å². The fraction of sp³-hybridized carbons (Fsp3) is 0.217. The van der Waals surface area contributed by atoms with Gasteiger partial charge in [-0.1, -0.05) is 37.3 Å². The molecule has 29 heavy (non-hydrogen) atoms. The van der Waals surface area contributed by atoms with Crippen molar-refractivity contribution in [3.05, 3.63) is 70.6 Å². The largest absolute Gasteiger partial charge is 0.313 e. The van der Waals surface area contributed by atoms with Crippen LogP contribution in [0.1, 0.15) is 27.7 Å². The molecule has 0 unspecified atom stereocenters. The summed E-state index contributed by atoms with van der Waals surface area (Å²) in [4.78, 5) is 21.6. The Morgan fingerprint density at radius 1 is 1.10 bits per heavy atom. The van der Waals surface area contributed by atoms with E-state index in [2.05, 4.69) is 29.3 Å². The molecule has 0 radical (unpaired) electrons. The van der Waals surface area contributed by atoms with E-state index in [9.17, 15) is 4.79 Å². The van der Waals surface area contributed by atoms with Crippen LogP contribution in [-0.2, 0) is 13.0 Å². The highest BCUT2D eigenvalue weighted by atomic mass is 32.1. The normalized spacial score (nSPS) is 14.1. The highest BCUT2D eigenvalue weighted by molar-refractivity contribution is 7.22. The van der Waals surface area contributed by atoms with Gasteiger partial charge in [0, 0.05) is 29.1 Å². The van der Waals surface area contributed by atoms with E-state index in [1.807, 2.05) is 42.5 Å². The molecule has 0 saturated carbocycles. The first kappa shape index (κ1) is 18.5. The van der Waals surface area contributed by atoms with Crippen molar-refractivity contribution in [2.75, 3.05) is 18.4 Å². The summed E-state index contributed by atoms with van der Waals surface area (Å²) >= 11 is 3.40. The summed E-state index contributed by atoms with van der Waals surface area (Å²) in [6.07, 6.45) is 0.992. The molecule has 3 heterocycles. The highest BCUT2D eigenvalue weighted by Gasteiger charge is 2.27. The quantitative estimate of drug-likeness (QED) is 0.464. The van der Waals surface area contributed by atoms with Crippen LogP contribution in [0.15, 0.2) is 54.6 Å². The van der Waals surface area contributed by atoms with Crippen LogP contribution in [0.3, 0.4) is 0 Å². The molecule has 146 valence electrons. The lowest BCUT2D eigenvalue weighted by atomic mass is 10.0. The maximum absolute atomic E-state index is 12.9. The highest BCUT2D eigenvalue weighted by Crippen LogP contribution is 2.45. The summed E-state index contributed by atoms with van der Waals surface area (Å²) in [5, 5.41) is 5.10. The molecule has 5 rings (SSSR count). The van der Waals surface area contributed by atoms with Crippen molar-refractivity contribution in [2.24, 2.45) is 0 Å². The SMILES string of the molecule is CCN1CCc2c(sc(NC(=O)c3ccccc3)c2-c2nc3ccccc3s2)C1. The van der Waals surface area contributed by atoms with Crippen molar-refractivity contribution in [3.8, 4) is 10.6 Å². The zero-order chi connectivity index (χ0) is 19.8. The summed E-state index contributed by atoms with van der Waals surface area (Å²) in [7, 11) is 0. The number of carbonyl (C=O) groups excluding carboxylic acids is 1. The van der Waals surface area contributed by atoms with Crippen molar-refractivity contribution >= 4 is 43.8 Å². The van der Waals surface area contributed by atoms with E-state index in [4.69, 9.17) is 4.98 Å². The zero-order valence-corrected chi connectivity index (χ0v) is 17.8. The number of anilines is 1. The number of nitrogens with zero attached hydrogens (tertiary/aromatic N) is 2. The Hall–Kier alpha value is -2.54. The van der Waals surface area contributed by atoms with Gasteiger partial charge in [0.25, 0.3) is 5.91 Å². The van der Waals surface area contributed by atoms with Crippen LogP contribution in [0.2, 0.25) is 0 Å². The van der Waals surface area contributed by atoms with E-state index < -0.39 is 0 Å². The molecule has 0 fully saturated rings. The van der Waals surface area contributed by atoms with E-state index in [0.29, 0.717) is 5.56 Å². The van der Waals surface area contributed by atoms with E-state index in [-0.39, 0.29) is 5.91 Å². The molecule has 0 atom stereocenters. The van der Waals surface area contributed by atoms with Gasteiger partial charge >= 0.3 is 0 Å². The summed E-state index contributed by atoms with van der Waals surface area (Å²) in [6, 6.07) is 17.6. The molecule has 0 spiro atoms. The van der Waals surface area contributed by atoms with Gasteiger partial charge in [-0.2, -0.15) is 0 Å². The maximum atomic E-state index is 12.9. The van der Waals surface area contributed by atoms with Crippen LogP contribution >= 0.6 is 22.7 Å². The van der Waals surface area contributed by atoms with Gasteiger partial charge in [-0.15, -0.1) is 22.7 Å². The lowest BCUT2D eigenvalue weighted by molar-refractivity contribution is 0.102. The fourth-order valence-corrected chi connectivity index (χ4v) is 6.18. The third kappa shape index (κ3) is 3.48. The lowest BCUT2D eigenvalue weighted by Crippen LogP contribution is -2.29. The van der Waals surface area contributed by atoms with Gasteiger partial charge in [-0.3, -0.25) is 9.69 Å². The fourth-order valence-electron chi connectivity index (χ4n) is 3.78. The van der Waals surface area contributed by atoms with Crippen molar-refractivity contribution in [3.63, 3.8) is 0 Å². The molecule has 0 saturated heterocycles. The van der Waals surface area contributed by atoms with Crippen molar-refractivity contribution < 1.29 is 4.79 Å². The molecule has 1 amide bonds. The molecular weight excluding hydrogens is 398 g/mol. The van der Waals surface area contributed by atoms with Gasteiger partial charge < -0.3 is 5.32 Å². The molecule has 0 bridgehead atoms. The molecule has 4 aromatic rings. The number of fused-ring (bicyclic) bond motifs is 2. The molecule has 2 aromatic heterocycles. The molecular formula is C23H21N3OS2. The van der Waals surface area contributed by atoms with Gasteiger partial charge in [0.1, 0.15) is 10.0 Å². The maximum Gasteiger partial charge on any atom is 0.256 e. The second-order valence-corrected chi connectivity index (χ2v) is 9.27. The number of thiazole rings is 1. The van der Waals surface area contributed by atoms with Gasteiger partial charge in [0.2, 0.25) is 0 Å². The molecule has 6 heteroatoms. The Morgan fingerprint density at radius 3 is 2.69 bits per heavy atom. The topological polar surface area (TPSA) is 45.2 Å². The van der Waals surface area contributed by atoms with Gasteiger partial charge in [0.05, 0.1) is 10.2 Å². The van der Waals surface area contributed by atoms with Crippen LogP contribution < -0.4 is 5.32 Å². The number of hydrogen-bond acceptors (Lipinski definition) is 5. The summed E-state index contributed by atoms with van der Waals surface area (Å²) in [5.41, 5.74) is 4.15. The van der Waals surface area contributed by atoms with Crippen LogP contribution in [0.5, 0.6) is 0 Å². The number of benzene rings is 2. The van der Waals surface area contributed by atoms with E-state index >= 15 is 0 Å². The standard InChI is InChI=1S/C23H21N3OS2/c1-2-26-13-12-16-19(14-26)29-23(25-21(27)15-8-4-3-5-9-15)20(16)22-24-17-10-6-7-11-18(17)28-22/h3-11H,2,12-14H2,1H3,(H,25,27). The van der Waals surface area contributed by atoms with Crippen molar-refractivity contribution in [1.82, 2.24) is 9.88 Å². The first-order valence-electron chi connectivity index (χ1n) is 9.82. The Bertz CT molecular complexity index is 1150. The lowest BCUT2D eigenvalue weighted by Gasteiger charge is -2.25. The van der Waals surface area contributed by atoms with Crippen molar-refractivity contribution in [2.45, 2.75) is 19.9 Å². The predicted molar refractivity (Wildman–Crippen MR) is 122 cm³/mol. The number of hydrogen-bond donors (Lipinski definition) is 1. The number of nitrogens with one attached hydrogen (secondary N) is 1. The number of rotatable bonds is 4. The molecule has 1 aliphatic heterocycles. The van der Waals surface area contributed by atoms with E-state index in [1.54, 1.807) is 22.7 Å². The first-order chi connectivity index (χ1) is 14.2. The summed E-state index contributed by atoms with van der Waals surface area (Å²) < 4.78 is 1.17. The molecule has 2 aromatic carbocycles. The summed E-state index contributed by atoms with van der Waals surface area (Å²) in [5.74, 6) is -0.0705. The number of thiophene rings is 1. The number of para-hydroxylation sites is 1. The minimum absolute atomic E-state index is 0.0705. The van der Waals surface area contributed by atoms with Crippen LogP contribution in [-0.4, -0.2) is 28.9 Å². The molecule has 1 aliphatic rings. The summed E-state index contributed by atoms with van der Waals surface area (Å²) in [6.45, 7) is 5.23. The zero-order valence-electron chi connectivity index (χ0n) is 16.1. The average molecular weight is 420 g/mol. The monoisotopic (exact) mass is 419 g/mol. The molecule has 0 aliphatic carbocycles. The number of amides is 1. The average Bonchev–Trinajstić information content (AvgIpc) is 3.34. The third-order valence-electron chi connectivity index (χ3n) is 5.35. The minimum atomic E-state index is -0.0705. The number of aromatic nitrogens is 1. The van der Waals surface area contributed by atoms with Gasteiger partial charge in [-0.25, -0.2) is 4.98 Å². The Morgan fingerprint density at radius 2 is 1.90 bits per heavy atom. The van der Waals surface area contributed by atoms with Crippen LogP contribution in [0, 0.1) is 0 Å². The third-order valence-corrected chi connectivity index (χ3v) is 7.54. The Balaban J connectivity index is 1.60. The van der Waals surface area contributed by atoms with E-state index in [1.165, 1.54) is 15.1 Å². The first-order valence-corrected chi connectivity index (χ1v) is 11.5.